The first-order valence-electron chi connectivity index (χ1n) is 25.0. The van der Waals surface area contributed by atoms with Crippen molar-refractivity contribution in [2.24, 2.45) is 0 Å². The van der Waals surface area contributed by atoms with E-state index in [1.165, 1.54) is 65.4 Å². The van der Waals surface area contributed by atoms with E-state index in [0.29, 0.717) is 0 Å². The van der Waals surface area contributed by atoms with Crippen LogP contribution in [0.4, 0.5) is 0 Å². The van der Waals surface area contributed by atoms with Gasteiger partial charge >= 0.3 is 20.1 Å². The number of benzene rings is 9. The van der Waals surface area contributed by atoms with Gasteiger partial charge in [0.05, 0.1) is 0 Å². The molecule has 15 rings (SSSR count). The zero-order valence-corrected chi connectivity index (χ0v) is 43.4. The maximum absolute atomic E-state index is 4.40. The van der Waals surface area contributed by atoms with E-state index in [0.717, 1.165) is 50.8 Å². The molecule has 76 heavy (non-hydrogen) atoms. The van der Waals surface area contributed by atoms with Gasteiger partial charge in [-0.3, -0.25) is 0 Å². The standard InChI is InChI=1S/3C23H15N2.Ir/c3*1-3-10-22-19(7-1)20-8-2-4-11-23(20)25(22)18-14-12-17(13-15-18)21-9-5-6-16-24-21;/h3*1-12,14-16H;/q3*-1;+3. The monoisotopic (exact) mass is 1150 g/mol. The van der Waals surface area contributed by atoms with Crippen molar-refractivity contribution in [3.8, 4) is 50.8 Å². The number of fused-ring (bicyclic) bond motifs is 9. The third kappa shape index (κ3) is 8.94. The van der Waals surface area contributed by atoms with Crippen molar-refractivity contribution >= 4 is 65.4 Å². The Bertz CT molecular complexity index is 3810. The normalized spacial score (nSPS) is 11.1. The third-order valence-electron chi connectivity index (χ3n) is 13.7. The van der Waals surface area contributed by atoms with E-state index in [9.17, 15) is 0 Å². The molecule has 0 aliphatic heterocycles. The average molecular weight is 1150 g/mol. The predicted molar refractivity (Wildman–Crippen MR) is 309 cm³/mol. The van der Waals surface area contributed by atoms with Gasteiger partial charge in [0.1, 0.15) is 0 Å². The van der Waals surface area contributed by atoms with Crippen molar-refractivity contribution < 1.29 is 20.1 Å². The molecular weight excluding hydrogens is 1110 g/mol. The fourth-order valence-electron chi connectivity index (χ4n) is 10.3. The van der Waals surface area contributed by atoms with Crippen molar-refractivity contribution in [2.45, 2.75) is 0 Å². The molecular formula is C69H45IrN6. The minimum absolute atomic E-state index is 0. The molecule has 7 heteroatoms. The SMILES string of the molecule is [Ir+3].[c-]1cc(-n2c3ccccc3c3ccccc32)ccc1-c1ccccn1.[c-]1cc(-n2c3ccccc3c3ccccc32)ccc1-c1ccccn1.[c-]1cc(-n2c3ccccc3c3ccccc32)ccc1-c1ccccn1. The summed E-state index contributed by atoms with van der Waals surface area (Å²) < 4.78 is 6.89. The minimum atomic E-state index is 0. The van der Waals surface area contributed by atoms with Crippen LogP contribution in [0.3, 0.4) is 0 Å². The summed E-state index contributed by atoms with van der Waals surface area (Å²) in [7, 11) is 0. The second-order valence-corrected chi connectivity index (χ2v) is 18.1. The first-order valence-corrected chi connectivity index (χ1v) is 25.0. The summed E-state index contributed by atoms with van der Waals surface area (Å²) >= 11 is 0. The van der Waals surface area contributed by atoms with Crippen LogP contribution in [-0.4, -0.2) is 28.7 Å². The minimum Gasteiger partial charge on any atom is -0.351 e. The van der Waals surface area contributed by atoms with Crippen LogP contribution in [0.2, 0.25) is 0 Å². The molecule has 0 amide bonds. The molecule has 9 aromatic carbocycles. The van der Waals surface area contributed by atoms with E-state index in [1.54, 1.807) is 0 Å². The Hall–Kier alpha value is -9.52. The number of aromatic nitrogens is 6. The van der Waals surface area contributed by atoms with Gasteiger partial charge in [-0.15, -0.1) is 89.5 Å². The van der Waals surface area contributed by atoms with Crippen molar-refractivity contribution in [2.75, 3.05) is 0 Å². The Kier molecular flexibility index (Phi) is 13.2. The summed E-state index contributed by atoms with van der Waals surface area (Å²) in [6, 6.07) is 97.9. The fourth-order valence-corrected chi connectivity index (χ4v) is 10.3. The molecule has 0 aliphatic rings. The van der Waals surface area contributed by atoms with Crippen molar-refractivity contribution in [1.82, 2.24) is 28.7 Å². The summed E-state index contributed by atoms with van der Waals surface area (Å²) in [4.78, 5) is 13.2. The van der Waals surface area contributed by atoms with E-state index in [-0.39, 0.29) is 20.1 Å². The maximum Gasteiger partial charge on any atom is 3.00 e. The first kappa shape index (κ1) is 47.5. The molecule has 0 N–H and O–H groups in total. The van der Waals surface area contributed by atoms with Gasteiger partial charge in [0, 0.05) is 84.0 Å². The molecule has 0 spiro atoms. The van der Waals surface area contributed by atoms with E-state index in [1.807, 2.05) is 91.4 Å². The summed E-state index contributed by atoms with van der Waals surface area (Å²) in [5.74, 6) is 0. The zero-order valence-electron chi connectivity index (χ0n) is 41.0. The van der Waals surface area contributed by atoms with Crippen LogP contribution < -0.4 is 0 Å². The molecule has 0 bridgehead atoms. The smallest absolute Gasteiger partial charge is 0.351 e. The van der Waals surface area contributed by atoms with Gasteiger partial charge in [0.15, 0.2) is 0 Å². The summed E-state index contributed by atoms with van der Waals surface area (Å²) in [6.07, 6.45) is 5.43. The first-order chi connectivity index (χ1) is 37.2. The quantitative estimate of drug-likeness (QED) is 0.156. The van der Waals surface area contributed by atoms with Crippen LogP contribution >= 0.6 is 0 Å². The second kappa shape index (κ2) is 21.1. The van der Waals surface area contributed by atoms with Gasteiger partial charge < -0.3 is 28.7 Å². The van der Waals surface area contributed by atoms with Crippen molar-refractivity contribution in [3.63, 3.8) is 0 Å². The van der Waals surface area contributed by atoms with Gasteiger partial charge in [-0.2, -0.15) is 0 Å². The Morgan fingerprint density at radius 1 is 0.237 bits per heavy atom. The number of para-hydroxylation sites is 6. The molecule has 0 saturated carbocycles. The van der Waals surface area contributed by atoms with Gasteiger partial charge in [-0.05, 0) is 88.7 Å². The molecule has 0 fully saturated rings. The van der Waals surface area contributed by atoms with Crippen LogP contribution in [-0.2, 0) is 20.1 Å². The van der Waals surface area contributed by atoms with E-state index in [4.69, 9.17) is 0 Å². The van der Waals surface area contributed by atoms with Gasteiger partial charge in [-0.25, -0.2) is 0 Å². The zero-order chi connectivity index (χ0) is 49.9. The third-order valence-corrected chi connectivity index (χ3v) is 13.7. The van der Waals surface area contributed by atoms with E-state index in [2.05, 4.69) is 229 Å². The number of hydrogen-bond acceptors (Lipinski definition) is 3. The van der Waals surface area contributed by atoms with E-state index < -0.39 is 0 Å². The Morgan fingerprint density at radius 2 is 0.461 bits per heavy atom. The summed E-state index contributed by atoms with van der Waals surface area (Å²) in [5, 5.41) is 7.62. The van der Waals surface area contributed by atoms with Crippen LogP contribution in [0.25, 0.3) is 116 Å². The molecule has 6 aromatic heterocycles. The molecule has 0 atom stereocenters. The molecule has 6 heterocycles. The van der Waals surface area contributed by atoms with Crippen LogP contribution in [0.1, 0.15) is 0 Å². The molecule has 360 valence electrons. The molecule has 0 radical (unpaired) electrons. The molecule has 0 unspecified atom stereocenters. The second-order valence-electron chi connectivity index (χ2n) is 18.1. The number of pyridine rings is 3. The maximum atomic E-state index is 4.40. The fraction of sp³-hybridized carbons (Fsp3) is 0. The van der Waals surface area contributed by atoms with Crippen molar-refractivity contribution in [1.29, 1.82) is 0 Å². The van der Waals surface area contributed by atoms with Crippen molar-refractivity contribution in [3.05, 3.63) is 292 Å². The topological polar surface area (TPSA) is 53.5 Å². The molecule has 15 aromatic rings. The summed E-state index contributed by atoms with van der Waals surface area (Å²) in [5.41, 5.74) is 16.4. The van der Waals surface area contributed by atoms with Gasteiger partial charge in [0.25, 0.3) is 0 Å². The van der Waals surface area contributed by atoms with Crippen LogP contribution in [0.5, 0.6) is 0 Å². The average Bonchev–Trinajstić information content (AvgIpc) is 4.19. The molecule has 0 aliphatic carbocycles. The Balaban J connectivity index is 0.000000114. The number of nitrogens with zero attached hydrogens (tertiary/aromatic N) is 6. The largest absolute Gasteiger partial charge is 3.00 e. The van der Waals surface area contributed by atoms with Crippen LogP contribution in [0.15, 0.2) is 273 Å². The molecule has 6 nitrogen and oxygen atoms in total. The Morgan fingerprint density at radius 3 is 0.658 bits per heavy atom. The number of hydrogen-bond donors (Lipinski definition) is 0. The van der Waals surface area contributed by atoms with Gasteiger partial charge in [0.2, 0.25) is 0 Å². The van der Waals surface area contributed by atoms with E-state index >= 15 is 0 Å². The number of rotatable bonds is 6. The predicted octanol–water partition coefficient (Wildman–Crippen LogP) is 16.9. The van der Waals surface area contributed by atoms with Crippen LogP contribution in [0, 0.1) is 18.2 Å². The van der Waals surface area contributed by atoms with Gasteiger partial charge in [-0.1, -0.05) is 146 Å². The Labute approximate surface area is 453 Å². The molecule has 0 saturated heterocycles. The summed E-state index contributed by atoms with van der Waals surface area (Å²) in [6.45, 7) is 0.